The standard InChI is InChI=1S/C24H20ClF2N5O3/c1-11-6-13(12(2)29-15-4-5-16(25)30-18(15)20(34)35)17-14(7-11)19(33)32(3)21(31-17)23-8-22(9-23,10-28)24(23,26)27/h4-7,12,29H,8-9H2,1-3H3,(H,34,35)/t12-,22?,23?/m1/s1. The Labute approximate surface area is 203 Å². The lowest BCUT2D eigenvalue weighted by Gasteiger charge is -2.71. The second-order valence-electron chi connectivity index (χ2n) is 9.46. The summed E-state index contributed by atoms with van der Waals surface area (Å²) in [4.78, 5) is 33.3. The van der Waals surface area contributed by atoms with Crippen LogP contribution in [0.15, 0.2) is 29.1 Å². The molecule has 8 nitrogen and oxygen atoms in total. The Bertz CT molecular complexity index is 1540. The number of aryl methyl sites for hydroxylation is 1. The van der Waals surface area contributed by atoms with E-state index in [2.05, 4.69) is 15.3 Å². The number of alkyl halides is 2. The highest BCUT2D eigenvalue weighted by atomic mass is 35.5. The van der Waals surface area contributed by atoms with Crippen LogP contribution in [0.1, 0.15) is 53.2 Å². The topological polar surface area (TPSA) is 121 Å². The van der Waals surface area contributed by atoms with Gasteiger partial charge in [0.15, 0.2) is 5.69 Å². The van der Waals surface area contributed by atoms with Crippen LogP contribution in [0.3, 0.4) is 0 Å². The number of carboxylic acid groups (broad SMARTS) is 1. The molecule has 180 valence electrons. The maximum absolute atomic E-state index is 15.0. The number of aromatic nitrogens is 3. The molecule has 2 heterocycles. The third-order valence-corrected chi connectivity index (χ3v) is 7.52. The fourth-order valence-corrected chi connectivity index (χ4v) is 5.60. The molecule has 0 unspecified atom stereocenters. The van der Waals surface area contributed by atoms with Crippen LogP contribution in [0, 0.1) is 23.7 Å². The van der Waals surface area contributed by atoms with Crippen LogP contribution >= 0.6 is 11.6 Å². The van der Waals surface area contributed by atoms with Crippen molar-refractivity contribution >= 4 is 34.2 Å². The van der Waals surface area contributed by atoms with Crippen LogP contribution in [0.4, 0.5) is 14.5 Å². The van der Waals surface area contributed by atoms with Gasteiger partial charge >= 0.3 is 5.97 Å². The monoisotopic (exact) mass is 499 g/mol. The minimum Gasteiger partial charge on any atom is -0.476 e. The molecule has 3 aromatic rings. The molecule has 2 N–H and O–H groups in total. The maximum atomic E-state index is 15.0. The fraction of sp³-hybridized carbons (Fsp3) is 0.375. The van der Waals surface area contributed by atoms with Crippen molar-refractivity contribution in [3.05, 3.63) is 62.4 Å². The van der Waals surface area contributed by atoms with Gasteiger partial charge in [0.2, 0.25) is 0 Å². The zero-order valence-corrected chi connectivity index (χ0v) is 19.7. The van der Waals surface area contributed by atoms with Gasteiger partial charge in [-0.1, -0.05) is 17.7 Å². The van der Waals surface area contributed by atoms with Gasteiger partial charge in [-0.05, 0) is 50.5 Å². The summed E-state index contributed by atoms with van der Waals surface area (Å²) >= 11 is 5.84. The van der Waals surface area contributed by atoms with Crippen molar-refractivity contribution in [2.45, 2.75) is 44.1 Å². The fourth-order valence-electron chi connectivity index (χ4n) is 5.45. The lowest BCUT2D eigenvalue weighted by molar-refractivity contribution is -0.347. The lowest BCUT2D eigenvalue weighted by Crippen LogP contribution is -2.81. The van der Waals surface area contributed by atoms with Crippen molar-refractivity contribution in [3.8, 4) is 6.07 Å². The molecule has 6 rings (SSSR count). The Morgan fingerprint density at radius 1 is 1.31 bits per heavy atom. The molecule has 3 saturated carbocycles. The first-order valence-corrected chi connectivity index (χ1v) is 11.2. The smallest absolute Gasteiger partial charge is 0.356 e. The van der Waals surface area contributed by atoms with Crippen LogP contribution in [-0.4, -0.2) is 31.5 Å². The van der Waals surface area contributed by atoms with Crippen molar-refractivity contribution in [1.82, 2.24) is 14.5 Å². The highest BCUT2D eigenvalue weighted by Gasteiger charge is 2.91. The average molecular weight is 500 g/mol. The average Bonchev–Trinajstić information content (AvgIpc) is 2.77. The van der Waals surface area contributed by atoms with Crippen LogP contribution in [0.5, 0.6) is 0 Å². The Morgan fingerprint density at radius 2 is 2.00 bits per heavy atom. The Hall–Kier alpha value is -3.58. The quantitative estimate of drug-likeness (QED) is 0.500. The van der Waals surface area contributed by atoms with E-state index in [0.29, 0.717) is 5.56 Å². The van der Waals surface area contributed by atoms with Crippen molar-refractivity contribution < 1.29 is 18.7 Å². The van der Waals surface area contributed by atoms with Gasteiger partial charge in [0.05, 0.1) is 34.1 Å². The first kappa shape index (κ1) is 23.2. The van der Waals surface area contributed by atoms with E-state index in [1.807, 2.05) is 0 Å². The third kappa shape index (κ3) is 2.88. The van der Waals surface area contributed by atoms with Crippen molar-refractivity contribution in [2.75, 3.05) is 5.32 Å². The van der Waals surface area contributed by atoms with Gasteiger partial charge in [-0.15, -0.1) is 0 Å². The highest BCUT2D eigenvalue weighted by molar-refractivity contribution is 6.29. The maximum Gasteiger partial charge on any atom is 0.356 e. The van der Waals surface area contributed by atoms with Gasteiger partial charge < -0.3 is 10.4 Å². The summed E-state index contributed by atoms with van der Waals surface area (Å²) in [7, 11) is 1.42. The van der Waals surface area contributed by atoms with Crippen molar-refractivity contribution in [2.24, 2.45) is 12.5 Å². The number of hydrogen-bond acceptors (Lipinski definition) is 6. The number of carboxylic acids is 1. The number of rotatable bonds is 5. The molecule has 1 atom stereocenters. The van der Waals surface area contributed by atoms with Crippen molar-refractivity contribution in [3.63, 3.8) is 0 Å². The summed E-state index contributed by atoms with van der Waals surface area (Å²) in [6.45, 7) is 3.54. The molecule has 0 spiro atoms. The summed E-state index contributed by atoms with van der Waals surface area (Å²) in [5.74, 6) is -4.60. The van der Waals surface area contributed by atoms with Gasteiger partial charge in [0, 0.05) is 12.6 Å². The van der Waals surface area contributed by atoms with E-state index >= 15 is 0 Å². The zero-order valence-electron chi connectivity index (χ0n) is 19.0. The molecular formula is C24H20ClF2N5O3. The predicted octanol–water partition coefficient (Wildman–Crippen LogP) is 4.35. The third-order valence-electron chi connectivity index (χ3n) is 7.31. The van der Waals surface area contributed by atoms with Gasteiger partial charge in [-0.2, -0.15) is 5.26 Å². The van der Waals surface area contributed by atoms with E-state index < -0.39 is 34.3 Å². The molecule has 2 bridgehead atoms. The van der Waals surface area contributed by atoms with E-state index in [1.54, 1.807) is 32.0 Å². The van der Waals surface area contributed by atoms with E-state index in [0.717, 1.165) is 10.1 Å². The molecule has 2 aromatic heterocycles. The van der Waals surface area contributed by atoms with Crippen LogP contribution in [0.25, 0.3) is 10.9 Å². The number of pyridine rings is 1. The summed E-state index contributed by atoms with van der Waals surface area (Å²) in [6, 6.07) is 7.53. The number of nitrogens with zero attached hydrogens (tertiary/aromatic N) is 4. The lowest BCUT2D eigenvalue weighted by atomic mass is 9.32. The number of nitrogens with one attached hydrogen (secondary N) is 1. The highest BCUT2D eigenvalue weighted by Crippen LogP contribution is 2.81. The second kappa shape index (κ2) is 7.21. The van der Waals surface area contributed by atoms with Gasteiger partial charge in [0.25, 0.3) is 11.5 Å². The number of carbonyl (C=O) groups is 1. The Balaban J connectivity index is 1.65. The molecular weight excluding hydrogens is 480 g/mol. The van der Waals surface area contributed by atoms with Gasteiger partial charge in [-0.25, -0.2) is 23.5 Å². The molecule has 3 aliphatic carbocycles. The van der Waals surface area contributed by atoms with Crippen LogP contribution in [0.2, 0.25) is 5.15 Å². The number of nitriles is 1. The number of aromatic carboxylic acids is 1. The van der Waals surface area contributed by atoms with Crippen LogP contribution < -0.4 is 10.9 Å². The minimum atomic E-state index is -3.28. The number of halogens is 3. The second-order valence-corrected chi connectivity index (χ2v) is 9.84. The first-order chi connectivity index (χ1) is 16.4. The molecule has 0 amide bonds. The van der Waals surface area contributed by atoms with Gasteiger partial charge in [0.1, 0.15) is 16.4 Å². The molecule has 11 heteroatoms. The molecule has 0 saturated heterocycles. The van der Waals surface area contributed by atoms with E-state index in [-0.39, 0.29) is 46.1 Å². The van der Waals surface area contributed by atoms with Gasteiger partial charge in [-0.3, -0.25) is 9.36 Å². The molecule has 3 aliphatic rings. The summed E-state index contributed by atoms with van der Waals surface area (Å²) in [5, 5.41) is 22.1. The minimum absolute atomic E-state index is 0.0195. The molecule has 0 radical (unpaired) electrons. The number of anilines is 1. The summed E-state index contributed by atoms with van der Waals surface area (Å²) in [5.41, 5.74) is -2.35. The largest absolute Gasteiger partial charge is 0.476 e. The number of benzene rings is 1. The Kier molecular flexibility index (Phi) is 4.78. The summed E-state index contributed by atoms with van der Waals surface area (Å²) < 4.78 is 31.1. The number of hydrogen-bond donors (Lipinski definition) is 2. The molecule has 3 fully saturated rings. The van der Waals surface area contributed by atoms with E-state index in [4.69, 9.17) is 11.6 Å². The molecule has 0 aliphatic heterocycles. The Morgan fingerprint density at radius 3 is 2.60 bits per heavy atom. The predicted molar refractivity (Wildman–Crippen MR) is 124 cm³/mol. The molecule has 35 heavy (non-hydrogen) atoms. The first-order valence-electron chi connectivity index (χ1n) is 10.8. The van der Waals surface area contributed by atoms with E-state index in [1.165, 1.54) is 19.2 Å². The normalized spacial score (nSPS) is 24.7. The summed E-state index contributed by atoms with van der Waals surface area (Å²) in [6.07, 6.45) is -0.106. The molecule has 1 aromatic carbocycles. The zero-order chi connectivity index (χ0) is 25.5. The van der Waals surface area contributed by atoms with Crippen LogP contribution in [-0.2, 0) is 12.5 Å². The van der Waals surface area contributed by atoms with Crippen molar-refractivity contribution in [1.29, 1.82) is 5.26 Å². The SMILES string of the molecule is Cc1cc([C@@H](C)Nc2ccc(Cl)nc2C(=O)O)c2nc(C34CC(C#N)(C3)C4(F)F)n(C)c(=O)c2c1. The number of fused-ring (bicyclic) bond motifs is 1. The van der Waals surface area contributed by atoms with E-state index in [9.17, 15) is 28.7 Å².